The number of pyridine rings is 1. The predicted octanol–water partition coefficient (Wildman–Crippen LogP) is 3.15. The summed E-state index contributed by atoms with van der Waals surface area (Å²) in [6, 6.07) is 8.28. The quantitative estimate of drug-likeness (QED) is 0.700. The van der Waals surface area contributed by atoms with Gasteiger partial charge in [0.1, 0.15) is 12.4 Å². The number of aromatic nitrogens is 1. The monoisotopic (exact) mass is 430 g/mol. The summed E-state index contributed by atoms with van der Waals surface area (Å²) in [6.07, 6.45) is 4.25. The van der Waals surface area contributed by atoms with Crippen molar-refractivity contribution in [1.29, 1.82) is 0 Å². The topological polar surface area (TPSA) is 82.2 Å². The predicted molar refractivity (Wildman–Crippen MR) is 121 cm³/mol. The van der Waals surface area contributed by atoms with Crippen molar-refractivity contribution in [3.63, 3.8) is 0 Å². The van der Waals surface area contributed by atoms with Crippen molar-refractivity contribution in [2.75, 3.05) is 31.2 Å². The number of ether oxygens (including phenoxy) is 3. The maximum Gasteiger partial charge on any atom is 0.283 e. The van der Waals surface area contributed by atoms with E-state index in [1.807, 2.05) is 18.3 Å². The Morgan fingerprint density at radius 1 is 1.19 bits per heavy atom. The lowest BCUT2D eigenvalue weighted by molar-refractivity contribution is -0.0277. The normalized spacial score (nSPS) is 25.1. The molecule has 7 nitrogen and oxygen atoms in total. The minimum Gasteiger partial charge on any atom is -0.462 e. The van der Waals surface area contributed by atoms with Gasteiger partial charge < -0.3 is 24.8 Å². The summed E-state index contributed by atoms with van der Waals surface area (Å²) in [5.41, 5.74) is 8.74. The van der Waals surface area contributed by atoms with Gasteiger partial charge in [-0.1, -0.05) is 11.8 Å². The van der Waals surface area contributed by atoms with Crippen molar-refractivity contribution in [2.24, 2.45) is 16.6 Å². The smallest absolute Gasteiger partial charge is 0.283 e. The first-order valence-electron chi connectivity index (χ1n) is 11.1. The molecule has 6 rings (SSSR count). The molecule has 1 saturated heterocycles. The van der Waals surface area contributed by atoms with E-state index in [0.717, 1.165) is 35.5 Å². The maximum atomic E-state index is 6.21. The molecule has 32 heavy (non-hydrogen) atoms. The van der Waals surface area contributed by atoms with Crippen LogP contribution in [0.1, 0.15) is 43.4 Å². The van der Waals surface area contributed by atoms with Gasteiger partial charge in [-0.25, -0.2) is 9.98 Å². The number of rotatable bonds is 1. The third kappa shape index (κ3) is 3.26. The number of aliphatic imine (C=N–C) groups is 1. The zero-order chi connectivity index (χ0) is 21.9. The van der Waals surface area contributed by atoms with E-state index in [1.54, 1.807) is 0 Å². The van der Waals surface area contributed by atoms with Crippen LogP contribution in [0.5, 0.6) is 11.6 Å². The maximum absolute atomic E-state index is 6.21. The molecule has 1 aliphatic carbocycles. The Bertz CT molecular complexity index is 1190. The zero-order valence-corrected chi connectivity index (χ0v) is 18.4. The van der Waals surface area contributed by atoms with Gasteiger partial charge in [0.25, 0.3) is 6.02 Å². The summed E-state index contributed by atoms with van der Waals surface area (Å²) in [4.78, 5) is 11.8. The summed E-state index contributed by atoms with van der Waals surface area (Å²) in [5.74, 6) is 8.42. The second-order valence-electron chi connectivity index (χ2n) is 9.53. The molecular weight excluding hydrogens is 404 g/mol. The van der Waals surface area contributed by atoms with Crippen LogP contribution < -0.4 is 15.4 Å². The molecule has 7 heteroatoms. The standard InChI is InChI=1S/C25H26N4O3/c1-24(2)14-29(9-10-31-24)18-12-20-22(27-13-18)32-21-8-7-17(6-5-16-3-4-16)11-19(21)25(20)15-30-23(26)28-25/h7-8,11-13,16H,3-4,9-10,14-15H2,1-2H3,(H2,26,28)/t25-/m0/s1. The molecule has 4 heterocycles. The van der Waals surface area contributed by atoms with Crippen LogP contribution in [0.15, 0.2) is 35.5 Å². The van der Waals surface area contributed by atoms with E-state index in [-0.39, 0.29) is 11.6 Å². The van der Waals surface area contributed by atoms with Crippen LogP contribution in [0.25, 0.3) is 0 Å². The number of fused-ring (bicyclic) bond motifs is 4. The molecule has 1 saturated carbocycles. The zero-order valence-electron chi connectivity index (χ0n) is 18.4. The first-order valence-corrected chi connectivity index (χ1v) is 11.1. The average Bonchev–Trinajstić information content (AvgIpc) is 3.53. The number of hydrogen-bond acceptors (Lipinski definition) is 7. The van der Waals surface area contributed by atoms with Crippen LogP contribution in [-0.4, -0.2) is 42.9 Å². The second-order valence-corrected chi connectivity index (χ2v) is 9.53. The summed E-state index contributed by atoms with van der Waals surface area (Å²) in [6.45, 7) is 6.77. The molecule has 1 spiro atoms. The van der Waals surface area contributed by atoms with Crippen molar-refractivity contribution < 1.29 is 14.2 Å². The number of nitrogens with zero attached hydrogens (tertiary/aromatic N) is 3. The Hall–Kier alpha value is -3.24. The minimum absolute atomic E-state index is 0.177. The SMILES string of the molecule is CC1(C)CN(c2cnc3c(c2)[C@]2(COC(N)=N2)c2cc(C#CC4CC4)ccc2O3)CCO1. The van der Waals surface area contributed by atoms with Crippen LogP contribution in [-0.2, 0) is 15.0 Å². The van der Waals surface area contributed by atoms with Gasteiger partial charge in [-0.15, -0.1) is 0 Å². The summed E-state index contributed by atoms with van der Waals surface area (Å²) < 4.78 is 17.8. The van der Waals surface area contributed by atoms with Crippen molar-refractivity contribution in [3.8, 4) is 23.5 Å². The van der Waals surface area contributed by atoms with E-state index in [2.05, 4.69) is 47.7 Å². The second kappa shape index (κ2) is 6.88. The van der Waals surface area contributed by atoms with Gasteiger partial charge in [-0.3, -0.25) is 0 Å². The van der Waals surface area contributed by atoms with E-state index in [0.29, 0.717) is 30.8 Å². The average molecular weight is 431 g/mol. The Labute approximate surface area is 187 Å². The van der Waals surface area contributed by atoms with Crippen LogP contribution >= 0.6 is 0 Å². The molecular formula is C25H26N4O3. The summed E-state index contributed by atoms with van der Waals surface area (Å²) in [7, 11) is 0. The first-order chi connectivity index (χ1) is 15.4. The Balaban J connectivity index is 1.45. The third-order valence-electron chi connectivity index (χ3n) is 6.43. The highest BCUT2D eigenvalue weighted by molar-refractivity contribution is 5.77. The number of benzene rings is 1. The Morgan fingerprint density at radius 2 is 2.06 bits per heavy atom. The molecule has 164 valence electrons. The van der Waals surface area contributed by atoms with Gasteiger partial charge in [0.2, 0.25) is 5.88 Å². The van der Waals surface area contributed by atoms with Gasteiger partial charge in [0, 0.05) is 30.1 Å². The third-order valence-corrected chi connectivity index (χ3v) is 6.43. The molecule has 1 aromatic heterocycles. The van der Waals surface area contributed by atoms with Gasteiger partial charge in [0.05, 0.1) is 29.7 Å². The Kier molecular flexibility index (Phi) is 4.18. The van der Waals surface area contributed by atoms with E-state index < -0.39 is 5.54 Å². The Morgan fingerprint density at radius 3 is 2.81 bits per heavy atom. The molecule has 2 fully saturated rings. The molecule has 1 aromatic carbocycles. The molecule has 0 radical (unpaired) electrons. The van der Waals surface area contributed by atoms with Crippen LogP contribution in [0, 0.1) is 17.8 Å². The van der Waals surface area contributed by atoms with E-state index in [1.165, 1.54) is 12.8 Å². The molecule has 0 amide bonds. The summed E-state index contributed by atoms with van der Waals surface area (Å²) in [5, 5.41) is 0. The largest absolute Gasteiger partial charge is 0.462 e. The van der Waals surface area contributed by atoms with Crippen molar-refractivity contribution in [2.45, 2.75) is 37.8 Å². The lowest BCUT2D eigenvalue weighted by Gasteiger charge is -2.40. The van der Waals surface area contributed by atoms with E-state index >= 15 is 0 Å². The molecule has 0 bridgehead atoms. The summed E-state index contributed by atoms with van der Waals surface area (Å²) >= 11 is 0. The van der Waals surface area contributed by atoms with Crippen molar-refractivity contribution >= 4 is 11.7 Å². The molecule has 0 unspecified atom stereocenters. The van der Waals surface area contributed by atoms with Crippen molar-refractivity contribution in [1.82, 2.24) is 4.98 Å². The number of amidine groups is 1. The molecule has 1 atom stereocenters. The fourth-order valence-corrected chi connectivity index (χ4v) is 4.62. The van der Waals surface area contributed by atoms with E-state index in [9.17, 15) is 0 Å². The van der Waals surface area contributed by atoms with E-state index in [4.69, 9.17) is 24.9 Å². The van der Waals surface area contributed by atoms with Crippen LogP contribution in [0.3, 0.4) is 0 Å². The lowest BCUT2D eigenvalue weighted by Crippen LogP contribution is -2.48. The van der Waals surface area contributed by atoms with Gasteiger partial charge >= 0.3 is 0 Å². The van der Waals surface area contributed by atoms with Gasteiger partial charge in [-0.2, -0.15) is 0 Å². The molecule has 2 N–H and O–H groups in total. The van der Waals surface area contributed by atoms with Crippen LogP contribution in [0.2, 0.25) is 0 Å². The number of hydrogen-bond donors (Lipinski definition) is 1. The lowest BCUT2D eigenvalue weighted by atomic mass is 9.81. The minimum atomic E-state index is -0.797. The number of morpholine rings is 1. The fraction of sp³-hybridized carbons (Fsp3) is 0.440. The number of nitrogens with two attached hydrogens (primary N) is 1. The van der Waals surface area contributed by atoms with Gasteiger partial charge in [0.15, 0.2) is 5.54 Å². The molecule has 2 aromatic rings. The molecule has 3 aliphatic heterocycles. The number of anilines is 1. The fourth-order valence-electron chi connectivity index (χ4n) is 4.62. The van der Waals surface area contributed by atoms with Crippen molar-refractivity contribution in [3.05, 3.63) is 47.2 Å². The van der Waals surface area contributed by atoms with Gasteiger partial charge in [-0.05, 0) is 51.0 Å². The highest BCUT2D eigenvalue weighted by atomic mass is 16.5. The molecule has 4 aliphatic rings. The highest BCUT2D eigenvalue weighted by Gasteiger charge is 2.48. The highest BCUT2D eigenvalue weighted by Crippen LogP contribution is 2.51. The first kappa shape index (κ1) is 19.4. The van der Waals surface area contributed by atoms with Crippen LogP contribution in [0.4, 0.5) is 5.69 Å².